The van der Waals surface area contributed by atoms with Gasteiger partial charge in [-0.05, 0) is 47.5 Å². The third kappa shape index (κ3) is 3.70. The summed E-state index contributed by atoms with van der Waals surface area (Å²) in [6.45, 7) is 3.53. The molecule has 0 spiro atoms. The van der Waals surface area contributed by atoms with E-state index in [0.717, 1.165) is 10.8 Å². The standard InChI is InChI=1S/C20H20N2O3S/c1-3-20(23)21-18-9-6-10-19(14(18)2)22-26(24,25)17-12-11-15-7-4-5-8-16(15)13-17/h4-13,22H,3H2,1-2H3,(H,21,23). The zero-order valence-corrected chi connectivity index (χ0v) is 15.4. The zero-order valence-electron chi connectivity index (χ0n) is 14.6. The van der Waals surface area contributed by atoms with Gasteiger partial charge in [-0.25, -0.2) is 8.42 Å². The van der Waals surface area contributed by atoms with Crippen LogP contribution in [-0.2, 0) is 14.8 Å². The molecule has 2 N–H and O–H groups in total. The number of benzene rings is 3. The molecule has 0 fully saturated rings. The normalized spacial score (nSPS) is 11.3. The molecule has 5 nitrogen and oxygen atoms in total. The fraction of sp³-hybridized carbons (Fsp3) is 0.150. The molecule has 0 bridgehead atoms. The van der Waals surface area contributed by atoms with Gasteiger partial charge in [0.25, 0.3) is 10.0 Å². The van der Waals surface area contributed by atoms with Crippen LogP contribution in [0.3, 0.4) is 0 Å². The van der Waals surface area contributed by atoms with Gasteiger partial charge in [0.1, 0.15) is 0 Å². The molecule has 0 atom stereocenters. The average molecular weight is 368 g/mol. The minimum Gasteiger partial charge on any atom is -0.326 e. The Morgan fingerprint density at radius 2 is 1.62 bits per heavy atom. The van der Waals surface area contributed by atoms with Crippen LogP contribution in [0.15, 0.2) is 65.6 Å². The molecular formula is C20H20N2O3S. The van der Waals surface area contributed by atoms with Crippen molar-refractivity contribution in [1.82, 2.24) is 0 Å². The number of hydrogen-bond donors (Lipinski definition) is 2. The highest BCUT2D eigenvalue weighted by Gasteiger charge is 2.17. The molecule has 134 valence electrons. The predicted octanol–water partition coefficient (Wildman–Crippen LogP) is 4.30. The van der Waals surface area contributed by atoms with Gasteiger partial charge in [-0.15, -0.1) is 0 Å². The van der Waals surface area contributed by atoms with E-state index in [9.17, 15) is 13.2 Å². The quantitative estimate of drug-likeness (QED) is 0.705. The van der Waals surface area contributed by atoms with Crippen molar-refractivity contribution >= 4 is 38.1 Å². The fourth-order valence-electron chi connectivity index (χ4n) is 2.66. The summed E-state index contributed by atoms with van der Waals surface area (Å²) in [7, 11) is -3.74. The molecule has 0 aromatic heterocycles. The Hall–Kier alpha value is -2.86. The Labute approximate surface area is 153 Å². The number of sulfonamides is 1. The van der Waals surface area contributed by atoms with Gasteiger partial charge in [0, 0.05) is 12.1 Å². The van der Waals surface area contributed by atoms with E-state index >= 15 is 0 Å². The summed E-state index contributed by atoms with van der Waals surface area (Å²) in [6.07, 6.45) is 0.354. The maximum Gasteiger partial charge on any atom is 0.261 e. The number of rotatable bonds is 5. The molecule has 26 heavy (non-hydrogen) atoms. The Bertz CT molecular complexity index is 1080. The average Bonchev–Trinajstić information content (AvgIpc) is 2.64. The predicted molar refractivity (Wildman–Crippen MR) is 105 cm³/mol. The Kier molecular flexibility index (Phi) is 4.95. The van der Waals surface area contributed by atoms with Crippen molar-refractivity contribution in [2.75, 3.05) is 10.0 Å². The van der Waals surface area contributed by atoms with E-state index < -0.39 is 10.0 Å². The summed E-state index contributed by atoms with van der Waals surface area (Å²) >= 11 is 0. The molecule has 0 aliphatic carbocycles. The summed E-state index contributed by atoms with van der Waals surface area (Å²) in [6, 6.07) is 17.7. The summed E-state index contributed by atoms with van der Waals surface area (Å²) in [5.74, 6) is -0.123. The van der Waals surface area contributed by atoms with Gasteiger partial charge >= 0.3 is 0 Å². The van der Waals surface area contributed by atoms with E-state index in [4.69, 9.17) is 0 Å². The minimum atomic E-state index is -3.74. The number of hydrogen-bond acceptors (Lipinski definition) is 3. The van der Waals surface area contributed by atoms with Crippen LogP contribution in [0.2, 0.25) is 0 Å². The van der Waals surface area contributed by atoms with Gasteiger partial charge in [-0.3, -0.25) is 9.52 Å². The van der Waals surface area contributed by atoms with Crippen LogP contribution in [0, 0.1) is 6.92 Å². The lowest BCUT2D eigenvalue weighted by Crippen LogP contribution is -2.15. The van der Waals surface area contributed by atoms with Gasteiger partial charge in [-0.2, -0.15) is 0 Å². The van der Waals surface area contributed by atoms with Crippen LogP contribution in [-0.4, -0.2) is 14.3 Å². The SMILES string of the molecule is CCC(=O)Nc1cccc(NS(=O)(=O)c2ccc3ccccc3c2)c1C. The molecule has 0 heterocycles. The third-order valence-corrected chi connectivity index (χ3v) is 5.57. The summed E-state index contributed by atoms with van der Waals surface area (Å²) < 4.78 is 28.2. The first-order valence-corrected chi connectivity index (χ1v) is 9.80. The smallest absolute Gasteiger partial charge is 0.261 e. The largest absolute Gasteiger partial charge is 0.326 e. The van der Waals surface area contributed by atoms with Crippen molar-refractivity contribution in [1.29, 1.82) is 0 Å². The first kappa shape index (κ1) is 17.9. The van der Waals surface area contributed by atoms with Crippen LogP contribution in [0.1, 0.15) is 18.9 Å². The molecule has 0 radical (unpaired) electrons. The molecular weight excluding hydrogens is 348 g/mol. The molecule has 0 saturated heterocycles. The third-order valence-electron chi connectivity index (χ3n) is 4.20. The van der Waals surface area contributed by atoms with Gasteiger partial charge in [-0.1, -0.05) is 43.3 Å². The molecule has 0 saturated carbocycles. The van der Waals surface area contributed by atoms with Crippen LogP contribution in [0.5, 0.6) is 0 Å². The van der Waals surface area contributed by atoms with E-state index in [-0.39, 0.29) is 10.8 Å². The van der Waals surface area contributed by atoms with E-state index in [1.54, 1.807) is 50.2 Å². The first-order valence-electron chi connectivity index (χ1n) is 8.32. The number of carbonyl (C=O) groups is 1. The summed E-state index contributed by atoms with van der Waals surface area (Å²) in [5.41, 5.74) is 1.70. The van der Waals surface area contributed by atoms with Gasteiger partial charge < -0.3 is 5.32 Å². The maximum atomic E-state index is 12.8. The van der Waals surface area contributed by atoms with Gasteiger partial charge in [0.05, 0.1) is 10.6 Å². The number of amides is 1. The van der Waals surface area contributed by atoms with E-state index in [1.807, 2.05) is 24.3 Å². The second-order valence-corrected chi connectivity index (χ2v) is 7.68. The lowest BCUT2D eigenvalue weighted by Gasteiger charge is -2.14. The van der Waals surface area contributed by atoms with Crippen LogP contribution < -0.4 is 10.0 Å². The lowest BCUT2D eigenvalue weighted by atomic mass is 10.1. The van der Waals surface area contributed by atoms with Gasteiger partial charge in [0.15, 0.2) is 0 Å². The van der Waals surface area contributed by atoms with Gasteiger partial charge in [0.2, 0.25) is 5.91 Å². The van der Waals surface area contributed by atoms with Crippen LogP contribution in [0.4, 0.5) is 11.4 Å². The molecule has 1 amide bonds. The highest BCUT2D eigenvalue weighted by molar-refractivity contribution is 7.92. The molecule has 3 rings (SSSR count). The summed E-state index contributed by atoms with van der Waals surface area (Å²) in [5, 5.41) is 4.61. The summed E-state index contributed by atoms with van der Waals surface area (Å²) in [4.78, 5) is 11.8. The van der Waals surface area contributed by atoms with Crippen molar-refractivity contribution in [2.24, 2.45) is 0 Å². The van der Waals surface area contributed by atoms with Crippen molar-refractivity contribution < 1.29 is 13.2 Å². The van der Waals surface area contributed by atoms with Crippen LogP contribution in [0.25, 0.3) is 10.8 Å². The monoisotopic (exact) mass is 368 g/mol. The molecule has 0 aliphatic rings. The number of nitrogens with one attached hydrogen (secondary N) is 2. The number of anilines is 2. The fourth-order valence-corrected chi connectivity index (χ4v) is 3.82. The Balaban J connectivity index is 1.93. The maximum absolute atomic E-state index is 12.8. The second kappa shape index (κ2) is 7.17. The second-order valence-electron chi connectivity index (χ2n) is 5.99. The molecule has 6 heteroatoms. The first-order chi connectivity index (χ1) is 12.4. The molecule has 0 aliphatic heterocycles. The Morgan fingerprint density at radius 3 is 2.35 bits per heavy atom. The van der Waals surface area contributed by atoms with Crippen molar-refractivity contribution in [3.63, 3.8) is 0 Å². The van der Waals surface area contributed by atoms with Crippen molar-refractivity contribution in [3.05, 3.63) is 66.2 Å². The van der Waals surface area contributed by atoms with E-state index in [1.165, 1.54) is 0 Å². The zero-order chi connectivity index (χ0) is 18.7. The molecule has 3 aromatic carbocycles. The highest BCUT2D eigenvalue weighted by atomic mass is 32.2. The van der Waals surface area contributed by atoms with E-state index in [0.29, 0.717) is 23.4 Å². The van der Waals surface area contributed by atoms with Crippen LogP contribution >= 0.6 is 0 Å². The molecule has 3 aromatic rings. The lowest BCUT2D eigenvalue weighted by molar-refractivity contribution is -0.115. The highest BCUT2D eigenvalue weighted by Crippen LogP contribution is 2.27. The minimum absolute atomic E-state index is 0.123. The van der Waals surface area contributed by atoms with E-state index in [2.05, 4.69) is 10.0 Å². The number of carbonyl (C=O) groups excluding carboxylic acids is 1. The molecule has 0 unspecified atom stereocenters. The topological polar surface area (TPSA) is 75.3 Å². The Morgan fingerprint density at radius 1 is 0.923 bits per heavy atom. The van der Waals surface area contributed by atoms with Crippen molar-refractivity contribution in [2.45, 2.75) is 25.2 Å². The number of fused-ring (bicyclic) bond motifs is 1. The van der Waals surface area contributed by atoms with Crippen molar-refractivity contribution in [3.8, 4) is 0 Å².